The van der Waals surface area contributed by atoms with Crippen molar-refractivity contribution in [1.29, 1.82) is 0 Å². The number of carboxylic acid groups (broad SMARTS) is 1. The molecule has 2 aromatic heterocycles. The molecule has 18 heavy (non-hydrogen) atoms. The normalized spacial score (nSPS) is 20.1. The predicted octanol–water partition coefficient (Wildman–Crippen LogP) is 1.24. The van der Waals surface area contributed by atoms with Crippen molar-refractivity contribution >= 4 is 11.6 Å². The lowest BCUT2D eigenvalue weighted by molar-refractivity contribution is 0.0696. The van der Waals surface area contributed by atoms with Crippen molar-refractivity contribution < 1.29 is 9.90 Å². The van der Waals surface area contributed by atoms with Gasteiger partial charge in [-0.15, -0.1) is 5.10 Å². The van der Waals surface area contributed by atoms with E-state index >= 15 is 0 Å². The van der Waals surface area contributed by atoms with Gasteiger partial charge in [0, 0.05) is 6.20 Å². The zero-order chi connectivity index (χ0) is 12.5. The second-order valence-electron chi connectivity index (χ2n) is 4.50. The lowest BCUT2D eigenvalue weighted by Crippen LogP contribution is -2.27. The maximum Gasteiger partial charge on any atom is 0.337 e. The van der Waals surface area contributed by atoms with Crippen LogP contribution in [0, 0.1) is 0 Å². The van der Waals surface area contributed by atoms with Gasteiger partial charge in [0.1, 0.15) is 0 Å². The Morgan fingerprint density at radius 1 is 1.44 bits per heavy atom. The van der Waals surface area contributed by atoms with Crippen molar-refractivity contribution in [1.82, 2.24) is 19.9 Å². The van der Waals surface area contributed by atoms with Gasteiger partial charge >= 0.3 is 5.97 Å². The number of hydrogen-bond donors (Lipinski definition) is 2. The summed E-state index contributed by atoms with van der Waals surface area (Å²) in [5.74, 6) is -0.206. The number of fused-ring (bicyclic) bond motifs is 1. The minimum absolute atomic E-state index is 0.187. The smallest absolute Gasteiger partial charge is 0.337 e. The van der Waals surface area contributed by atoms with Gasteiger partial charge in [0.05, 0.1) is 11.6 Å². The Hall–Kier alpha value is -1.95. The van der Waals surface area contributed by atoms with E-state index in [0.717, 1.165) is 18.8 Å². The molecule has 3 heterocycles. The molecule has 0 radical (unpaired) electrons. The van der Waals surface area contributed by atoms with E-state index < -0.39 is 5.97 Å². The Morgan fingerprint density at radius 2 is 2.33 bits per heavy atom. The van der Waals surface area contributed by atoms with Gasteiger partial charge in [0.2, 0.25) is 0 Å². The van der Waals surface area contributed by atoms with E-state index in [4.69, 9.17) is 5.11 Å². The quantitative estimate of drug-likeness (QED) is 0.833. The first-order valence-corrected chi connectivity index (χ1v) is 6.07. The Labute approximate surface area is 104 Å². The van der Waals surface area contributed by atoms with Gasteiger partial charge < -0.3 is 10.4 Å². The summed E-state index contributed by atoms with van der Waals surface area (Å²) < 4.78 is 1.54. The second-order valence-corrected chi connectivity index (χ2v) is 4.50. The molecule has 1 aliphatic rings. The number of nitrogens with zero attached hydrogens (tertiary/aromatic N) is 3. The van der Waals surface area contributed by atoms with Crippen molar-refractivity contribution in [2.45, 2.75) is 25.3 Å². The number of hydrogen-bond acceptors (Lipinski definition) is 4. The van der Waals surface area contributed by atoms with Crippen LogP contribution in [-0.4, -0.2) is 32.2 Å². The number of piperidine rings is 1. The minimum atomic E-state index is -0.954. The first kappa shape index (κ1) is 11.2. The van der Waals surface area contributed by atoms with Crippen LogP contribution in [0.25, 0.3) is 5.65 Å². The van der Waals surface area contributed by atoms with Gasteiger partial charge in [0.15, 0.2) is 11.5 Å². The van der Waals surface area contributed by atoms with Crippen LogP contribution in [0.15, 0.2) is 18.3 Å². The van der Waals surface area contributed by atoms with Crippen molar-refractivity contribution in [3.05, 3.63) is 29.7 Å². The first-order chi connectivity index (χ1) is 8.74. The zero-order valence-electron chi connectivity index (χ0n) is 9.83. The van der Waals surface area contributed by atoms with Crippen LogP contribution >= 0.6 is 0 Å². The van der Waals surface area contributed by atoms with E-state index in [-0.39, 0.29) is 11.6 Å². The molecule has 1 fully saturated rings. The molecule has 1 aliphatic heterocycles. The van der Waals surface area contributed by atoms with Crippen LogP contribution in [0.1, 0.15) is 41.5 Å². The van der Waals surface area contributed by atoms with Crippen LogP contribution in [0.5, 0.6) is 0 Å². The van der Waals surface area contributed by atoms with Crippen LogP contribution in [0.3, 0.4) is 0 Å². The summed E-state index contributed by atoms with van der Waals surface area (Å²) in [4.78, 5) is 15.3. The fourth-order valence-corrected chi connectivity index (χ4v) is 2.25. The molecular weight excluding hydrogens is 232 g/mol. The molecule has 94 valence electrons. The molecular formula is C12H14N4O2. The minimum Gasteiger partial charge on any atom is -0.478 e. The van der Waals surface area contributed by atoms with Crippen LogP contribution < -0.4 is 5.32 Å². The highest BCUT2D eigenvalue weighted by molar-refractivity contribution is 5.87. The number of rotatable bonds is 2. The van der Waals surface area contributed by atoms with Crippen LogP contribution in [0.2, 0.25) is 0 Å². The number of carboxylic acids is 1. The van der Waals surface area contributed by atoms with E-state index in [9.17, 15) is 4.79 Å². The third-order valence-electron chi connectivity index (χ3n) is 3.22. The van der Waals surface area contributed by atoms with Crippen LogP contribution in [-0.2, 0) is 0 Å². The highest BCUT2D eigenvalue weighted by Crippen LogP contribution is 2.20. The molecule has 1 atom stereocenters. The Bertz CT molecular complexity index is 587. The maximum absolute atomic E-state index is 10.9. The fourth-order valence-electron chi connectivity index (χ4n) is 2.25. The largest absolute Gasteiger partial charge is 0.478 e. The maximum atomic E-state index is 10.9. The topological polar surface area (TPSA) is 79.5 Å². The van der Waals surface area contributed by atoms with Gasteiger partial charge in [0.25, 0.3) is 0 Å². The Kier molecular flexibility index (Phi) is 2.71. The van der Waals surface area contributed by atoms with Gasteiger partial charge in [-0.25, -0.2) is 14.3 Å². The lowest BCUT2D eigenvalue weighted by Gasteiger charge is -2.20. The molecule has 0 amide bonds. The monoisotopic (exact) mass is 246 g/mol. The van der Waals surface area contributed by atoms with Gasteiger partial charge in [-0.05, 0) is 31.5 Å². The number of aromatic nitrogens is 3. The molecule has 2 N–H and O–H groups in total. The van der Waals surface area contributed by atoms with Gasteiger partial charge in [-0.3, -0.25) is 0 Å². The molecule has 6 heteroatoms. The molecule has 1 unspecified atom stereocenters. The summed E-state index contributed by atoms with van der Waals surface area (Å²) in [7, 11) is 0. The molecule has 0 spiro atoms. The third-order valence-corrected chi connectivity index (χ3v) is 3.22. The summed E-state index contributed by atoms with van der Waals surface area (Å²) in [6.45, 7) is 0.987. The van der Waals surface area contributed by atoms with Crippen molar-refractivity contribution in [2.75, 3.05) is 6.54 Å². The lowest BCUT2D eigenvalue weighted by atomic mass is 10.0. The average molecular weight is 246 g/mol. The van der Waals surface area contributed by atoms with E-state index in [0.29, 0.717) is 5.65 Å². The molecule has 2 aromatic rings. The SMILES string of the molecule is O=C(O)c1ccc2nc(C3CCCCN3)nn2c1. The van der Waals surface area contributed by atoms with Gasteiger partial charge in [-0.1, -0.05) is 6.42 Å². The summed E-state index contributed by atoms with van der Waals surface area (Å²) >= 11 is 0. The summed E-state index contributed by atoms with van der Waals surface area (Å²) in [6, 6.07) is 3.42. The number of carbonyl (C=O) groups is 1. The van der Waals surface area contributed by atoms with Crippen molar-refractivity contribution in [3.63, 3.8) is 0 Å². The highest BCUT2D eigenvalue weighted by atomic mass is 16.4. The number of aromatic carboxylic acids is 1. The Balaban J connectivity index is 1.97. The fraction of sp³-hybridized carbons (Fsp3) is 0.417. The van der Waals surface area contributed by atoms with Crippen molar-refractivity contribution in [3.8, 4) is 0 Å². The van der Waals surface area contributed by atoms with Gasteiger partial charge in [-0.2, -0.15) is 0 Å². The van der Waals surface area contributed by atoms with Crippen molar-refractivity contribution in [2.24, 2.45) is 0 Å². The molecule has 0 saturated carbocycles. The highest BCUT2D eigenvalue weighted by Gasteiger charge is 2.19. The summed E-state index contributed by atoms with van der Waals surface area (Å²) in [5.41, 5.74) is 0.901. The molecule has 6 nitrogen and oxygen atoms in total. The van der Waals surface area contributed by atoms with Crippen LogP contribution in [0.4, 0.5) is 0 Å². The number of nitrogens with one attached hydrogen (secondary N) is 1. The average Bonchev–Trinajstić information content (AvgIpc) is 2.82. The molecule has 3 rings (SSSR count). The second kappa shape index (κ2) is 4.38. The predicted molar refractivity (Wildman–Crippen MR) is 64.5 cm³/mol. The standard InChI is InChI=1S/C12H14N4O2/c17-12(18)8-4-5-10-14-11(15-16(10)7-8)9-3-1-2-6-13-9/h4-5,7,9,13H,1-3,6H2,(H,17,18). The molecule has 0 bridgehead atoms. The van der Waals surface area contributed by atoms with E-state index in [2.05, 4.69) is 15.4 Å². The van der Waals surface area contributed by atoms with E-state index in [1.165, 1.54) is 23.6 Å². The third kappa shape index (κ3) is 1.95. The summed E-state index contributed by atoms with van der Waals surface area (Å²) in [5, 5.41) is 16.7. The molecule has 0 aliphatic carbocycles. The van der Waals surface area contributed by atoms with E-state index in [1.54, 1.807) is 12.1 Å². The van der Waals surface area contributed by atoms with E-state index in [1.807, 2.05) is 0 Å². The molecule has 0 aromatic carbocycles. The molecule has 1 saturated heterocycles. The summed E-state index contributed by atoms with van der Waals surface area (Å²) in [6.07, 6.45) is 4.89. The Morgan fingerprint density at radius 3 is 3.06 bits per heavy atom. The number of pyridine rings is 1. The zero-order valence-corrected chi connectivity index (χ0v) is 9.83. The first-order valence-electron chi connectivity index (χ1n) is 6.07.